The Bertz CT molecular complexity index is 483. The van der Waals surface area contributed by atoms with Crippen LogP contribution in [-0.2, 0) is 0 Å². The van der Waals surface area contributed by atoms with Crippen LogP contribution in [-0.4, -0.2) is 9.97 Å². The molecule has 2 rings (SSSR count). The van der Waals surface area contributed by atoms with Gasteiger partial charge in [0.05, 0.1) is 16.1 Å². The predicted octanol–water partition coefficient (Wildman–Crippen LogP) is 3.92. The summed E-state index contributed by atoms with van der Waals surface area (Å²) in [7, 11) is 0. The zero-order valence-electron chi connectivity index (χ0n) is 6.69. The standard InChI is InChI=1S/C8H4BrClF2N2/c9-8-13-5-1-3(7(11)12)4(10)2-6(5)14-8/h1-2,7H,(H,13,14). The summed E-state index contributed by atoms with van der Waals surface area (Å²) in [5.74, 6) is 0. The number of imidazole rings is 1. The number of hydrogen-bond acceptors (Lipinski definition) is 1. The van der Waals surface area contributed by atoms with E-state index < -0.39 is 6.43 Å². The normalized spacial score (nSPS) is 11.5. The molecule has 0 aliphatic rings. The molecule has 0 unspecified atom stereocenters. The van der Waals surface area contributed by atoms with Gasteiger partial charge in [-0.25, -0.2) is 13.8 Å². The Hall–Kier alpha value is -0.680. The average molecular weight is 281 g/mol. The molecule has 1 heterocycles. The van der Waals surface area contributed by atoms with Crippen LogP contribution >= 0.6 is 27.5 Å². The number of rotatable bonds is 1. The number of benzene rings is 1. The topological polar surface area (TPSA) is 28.7 Å². The van der Waals surface area contributed by atoms with E-state index in [9.17, 15) is 8.78 Å². The van der Waals surface area contributed by atoms with Crippen molar-refractivity contribution in [1.82, 2.24) is 9.97 Å². The zero-order chi connectivity index (χ0) is 10.3. The molecular weight excluding hydrogens is 277 g/mol. The number of hydrogen-bond donors (Lipinski definition) is 1. The van der Waals surface area contributed by atoms with Crippen LogP contribution in [0.25, 0.3) is 11.0 Å². The molecule has 6 heteroatoms. The van der Waals surface area contributed by atoms with Crippen LogP contribution in [0.4, 0.5) is 8.78 Å². The zero-order valence-corrected chi connectivity index (χ0v) is 9.03. The van der Waals surface area contributed by atoms with Gasteiger partial charge in [-0.05, 0) is 28.1 Å². The first-order valence-corrected chi connectivity index (χ1v) is 4.88. The smallest absolute Gasteiger partial charge is 0.265 e. The van der Waals surface area contributed by atoms with Crippen LogP contribution in [0, 0.1) is 0 Å². The van der Waals surface area contributed by atoms with E-state index in [-0.39, 0.29) is 10.6 Å². The maximum absolute atomic E-state index is 12.4. The first kappa shape index (κ1) is 9.86. The molecule has 0 amide bonds. The number of halogens is 4. The lowest BCUT2D eigenvalue weighted by molar-refractivity contribution is 0.151. The first-order chi connectivity index (χ1) is 6.58. The van der Waals surface area contributed by atoms with Gasteiger partial charge in [0.1, 0.15) is 0 Å². The summed E-state index contributed by atoms with van der Waals surface area (Å²) in [6.45, 7) is 0. The molecule has 1 aromatic carbocycles. The lowest BCUT2D eigenvalue weighted by atomic mass is 10.2. The Labute approximate surface area is 91.4 Å². The second-order valence-corrected chi connectivity index (χ2v) is 3.88. The van der Waals surface area contributed by atoms with Gasteiger partial charge in [0.25, 0.3) is 6.43 Å². The maximum atomic E-state index is 12.4. The third-order valence-corrected chi connectivity index (χ3v) is 2.51. The number of nitrogens with zero attached hydrogens (tertiary/aromatic N) is 1. The molecule has 74 valence electrons. The van der Waals surface area contributed by atoms with Crippen LogP contribution in [0.1, 0.15) is 12.0 Å². The van der Waals surface area contributed by atoms with E-state index >= 15 is 0 Å². The van der Waals surface area contributed by atoms with Gasteiger partial charge in [-0.15, -0.1) is 0 Å². The van der Waals surface area contributed by atoms with Gasteiger partial charge < -0.3 is 4.98 Å². The summed E-state index contributed by atoms with van der Waals surface area (Å²) in [4.78, 5) is 6.80. The van der Waals surface area contributed by atoms with Gasteiger partial charge in [-0.1, -0.05) is 11.6 Å². The number of H-pyrrole nitrogens is 1. The van der Waals surface area contributed by atoms with Gasteiger partial charge in [0, 0.05) is 5.56 Å². The highest BCUT2D eigenvalue weighted by Gasteiger charge is 2.14. The Kier molecular flexibility index (Phi) is 2.45. The molecule has 0 saturated heterocycles. The molecule has 0 atom stereocenters. The summed E-state index contributed by atoms with van der Waals surface area (Å²) in [6.07, 6.45) is -2.58. The molecule has 1 N–H and O–H groups in total. The summed E-state index contributed by atoms with van der Waals surface area (Å²) in [5.41, 5.74) is 0.915. The largest absolute Gasteiger partial charge is 0.332 e. The number of fused-ring (bicyclic) bond motifs is 1. The fourth-order valence-electron chi connectivity index (χ4n) is 1.18. The highest BCUT2D eigenvalue weighted by molar-refractivity contribution is 9.10. The first-order valence-electron chi connectivity index (χ1n) is 3.70. The Morgan fingerprint density at radius 1 is 1.43 bits per heavy atom. The Balaban J connectivity index is 2.70. The van der Waals surface area contributed by atoms with Gasteiger partial charge in [0.15, 0.2) is 4.73 Å². The third kappa shape index (κ3) is 1.62. The van der Waals surface area contributed by atoms with Crippen LogP contribution in [0.15, 0.2) is 16.9 Å². The number of alkyl halides is 2. The maximum Gasteiger partial charge on any atom is 0.265 e. The minimum absolute atomic E-state index is 0.0338. The Morgan fingerprint density at radius 3 is 2.79 bits per heavy atom. The molecule has 0 bridgehead atoms. The number of aromatic amines is 1. The van der Waals surface area contributed by atoms with Crippen molar-refractivity contribution in [3.63, 3.8) is 0 Å². The second-order valence-electron chi connectivity index (χ2n) is 2.72. The van der Waals surface area contributed by atoms with E-state index in [1.807, 2.05) is 0 Å². The molecule has 0 aliphatic carbocycles. The van der Waals surface area contributed by atoms with E-state index in [0.717, 1.165) is 0 Å². The van der Waals surface area contributed by atoms with Crippen molar-refractivity contribution in [3.8, 4) is 0 Å². The highest BCUT2D eigenvalue weighted by atomic mass is 79.9. The lowest BCUT2D eigenvalue weighted by Crippen LogP contribution is -1.85. The molecule has 14 heavy (non-hydrogen) atoms. The van der Waals surface area contributed by atoms with Crippen LogP contribution < -0.4 is 0 Å². The van der Waals surface area contributed by atoms with Crippen LogP contribution in [0.3, 0.4) is 0 Å². The second kappa shape index (κ2) is 3.47. The minimum atomic E-state index is -2.58. The van der Waals surface area contributed by atoms with Gasteiger partial charge in [-0.3, -0.25) is 0 Å². The van der Waals surface area contributed by atoms with Crippen molar-refractivity contribution in [1.29, 1.82) is 0 Å². The van der Waals surface area contributed by atoms with Crippen molar-refractivity contribution in [2.45, 2.75) is 6.43 Å². The van der Waals surface area contributed by atoms with E-state index in [4.69, 9.17) is 11.6 Å². The monoisotopic (exact) mass is 280 g/mol. The quantitative estimate of drug-likeness (QED) is 0.843. The van der Waals surface area contributed by atoms with Crippen molar-refractivity contribution >= 4 is 38.6 Å². The summed E-state index contributed by atoms with van der Waals surface area (Å²) >= 11 is 8.77. The molecule has 0 radical (unpaired) electrons. The lowest BCUT2D eigenvalue weighted by Gasteiger charge is -2.01. The van der Waals surface area contributed by atoms with Crippen molar-refractivity contribution in [2.75, 3.05) is 0 Å². The molecule has 2 aromatic rings. The van der Waals surface area contributed by atoms with Gasteiger partial charge in [-0.2, -0.15) is 0 Å². The molecule has 0 aliphatic heterocycles. The van der Waals surface area contributed by atoms with E-state index in [0.29, 0.717) is 15.8 Å². The van der Waals surface area contributed by atoms with Crippen molar-refractivity contribution < 1.29 is 8.78 Å². The fraction of sp³-hybridized carbons (Fsp3) is 0.125. The van der Waals surface area contributed by atoms with Crippen LogP contribution in [0.5, 0.6) is 0 Å². The van der Waals surface area contributed by atoms with E-state index in [1.54, 1.807) is 0 Å². The number of nitrogens with one attached hydrogen (secondary N) is 1. The van der Waals surface area contributed by atoms with Crippen molar-refractivity contribution in [3.05, 3.63) is 27.5 Å². The van der Waals surface area contributed by atoms with Gasteiger partial charge >= 0.3 is 0 Å². The number of aromatic nitrogens is 2. The molecule has 1 aromatic heterocycles. The predicted molar refractivity (Wildman–Crippen MR) is 53.8 cm³/mol. The molecule has 0 fully saturated rings. The van der Waals surface area contributed by atoms with E-state index in [1.165, 1.54) is 12.1 Å². The SMILES string of the molecule is FC(F)c1cc2[nH]c(Br)nc2cc1Cl. The molecule has 0 spiro atoms. The summed E-state index contributed by atoms with van der Waals surface area (Å²) in [5, 5.41) is 0.0338. The summed E-state index contributed by atoms with van der Waals surface area (Å²) < 4.78 is 25.4. The summed E-state index contributed by atoms with van der Waals surface area (Å²) in [6, 6.07) is 2.72. The minimum Gasteiger partial charge on any atom is -0.332 e. The third-order valence-electron chi connectivity index (χ3n) is 1.81. The van der Waals surface area contributed by atoms with Crippen molar-refractivity contribution in [2.24, 2.45) is 0 Å². The molecule has 0 saturated carbocycles. The highest BCUT2D eigenvalue weighted by Crippen LogP contribution is 2.30. The van der Waals surface area contributed by atoms with Gasteiger partial charge in [0.2, 0.25) is 0 Å². The molecule has 2 nitrogen and oxygen atoms in total. The fourth-order valence-corrected chi connectivity index (χ4v) is 1.83. The van der Waals surface area contributed by atoms with Crippen LogP contribution in [0.2, 0.25) is 5.02 Å². The Morgan fingerprint density at radius 2 is 2.14 bits per heavy atom. The molecular formula is C8H4BrClF2N2. The average Bonchev–Trinajstić information content (AvgIpc) is 2.42. The van der Waals surface area contributed by atoms with E-state index in [2.05, 4.69) is 25.9 Å².